The lowest BCUT2D eigenvalue weighted by Crippen LogP contribution is -2.34. The summed E-state index contributed by atoms with van der Waals surface area (Å²) in [5.74, 6) is -0.351. The molecular formula is C12H17IN2O3S. The first kappa shape index (κ1) is 16.4. The maximum atomic E-state index is 11.9. The van der Waals surface area contributed by atoms with Gasteiger partial charge in [-0.2, -0.15) is 0 Å². The highest BCUT2D eigenvalue weighted by molar-refractivity contribution is 14.1. The van der Waals surface area contributed by atoms with E-state index in [-0.39, 0.29) is 18.2 Å². The molecule has 106 valence electrons. The van der Waals surface area contributed by atoms with Crippen LogP contribution in [0.4, 0.5) is 0 Å². The molecule has 0 bridgehead atoms. The average molecular weight is 396 g/mol. The Kier molecular flexibility index (Phi) is 5.75. The lowest BCUT2D eigenvalue weighted by Gasteiger charge is -2.12. The van der Waals surface area contributed by atoms with Crippen molar-refractivity contribution in [3.8, 4) is 0 Å². The third-order valence-electron chi connectivity index (χ3n) is 2.64. The standard InChI is InChI=1S/C12H17IN2O3S/c1-9-5-4-6-10(11(9)13)12(16)14-7-8-19(17,18)15(2)3/h4-6H,7-8H2,1-3H3,(H,14,16). The molecule has 0 aliphatic rings. The molecule has 0 aliphatic heterocycles. The maximum absolute atomic E-state index is 11.9. The highest BCUT2D eigenvalue weighted by Gasteiger charge is 2.15. The number of nitrogens with zero attached hydrogens (tertiary/aromatic N) is 1. The number of hydrogen-bond acceptors (Lipinski definition) is 3. The molecule has 0 saturated heterocycles. The molecule has 5 nitrogen and oxygen atoms in total. The van der Waals surface area contributed by atoms with Gasteiger partial charge in [0.15, 0.2) is 0 Å². The molecule has 7 heteroatoms. The van der Waals surface area contributed by atoms with Crippen LogP contribution in [0.5, 0.6) is 0 Å². The molecule has 0 aliphatic carbocycles. The van der Waals surface area contributed by atoms with Gasteiger partial charge in [-0.15, -0.1) is 0 Å². The fourth-order valence-corrected chi connectivity index (χ4v) is 2.72. The Balaban J connectivity index is 2.65. The van der Waals surface area contributed by atoms with E-state index in [0.29, 0.717) is 5.56 Å². The van der Waals surface area contributed by atoms with Gasteiger partial charge in [0, 0.05) is 24.2 Å². The van der Waals surface area contributed by atoms with Gasteiger partial charge in [0.2, 0.25) is 10.0 Å². The smallest absolute Gasteiger partial charge is 0.252 e. The van der Waals surface area contributed by atoms with E-state index >= 15 is 0 Å². The number of carbonyl (C=O) groups excluding carboxylic acids is 1. The molecule has 0 fully saturated rings. The molecule has 0 aromatic heterocycles. The summed E-state index contributed by atoms with van der Waals surface area (Å²) >= 11 is 2.11. The van der Waals surface area contributed by atoms with Gasteiger partial charge in [0.1, 0.15) is 0 Å². The molecule has 0 radical (unpaired) electrons. The third kappa shape index (κ3) is 4.43. The van der Waals surface area contributed by atoms with Gasteiger partial charge >= 0.3 is 0 Å². The number of amides is 1. The van der Waals surface area contributed by atoms with Crippen LogP contribution in [0.1, 0.15) is 15.9 Å². The Morgan fingerprint density at radius 3 is 2.58 bits per heavy atom. The van der Waals surface area contributed by atoms with Crippen LogP contribution >= 0.6 is 22.6 Å². The van der Waals surface area contributed by atoms with Crippen molar-refractivity contribution in [3.63, 3.8) is 0 Å². The molecule has 0 atom stereocenters. The van der Waals surface area contributed by atoms with Crippen LogP contribution in [0.25, 0.3) is 0 Å². The van der Waals surface area contributed by atoms with Crippen LogP contribution in [-0.4, -0.2) is 45.0 Å². The van der Waals surface area contributed by atoms with Crippen LogP contribution in [-0.2, 0) is 10.0 Å². The first-order valence-corrected chi connectivity index (χ1v) is 8.38. The summed E-state index contributed by atoms with van der Waals surface area (Å²) in [6.07, 6.45) is 0. The zero-order valence-electron chi connectivity index (χ0n) is 11.1. The zero-order valence-corrected chi connectivity index (χ0v) is 14.1. The second kappa shape index (κ2) is 6.67. The van der Waals surface area contributed by atoms with Crippen molar-refractivity contribution < 1.29 is 13.2 Å². The van der Waals surface area contributed by atoms with E-state index in [1.165, 1.54) is 14.1 Å². The zero-order chi connectivity index (χ0) is 14.6. The number of nitrogens with one attached hydrogen (secondary N) is 1. The summed E-state index contributed by atoms with van der Waals surface area (Å²) in [4.78, 5) is 11.9. The highest BCUT2D eigenvalue weighted by Crippen LogP contribution is 2.16. The number of carbonyl (C=O) groups is 1. The monoisotopic (exact) mass is 396 g/mol. The average Bonchev–Trinajstić information content (AvgIpc) is 2.32. The van der Waals surface area contributed by atoms with Gasteiger partial charge < -0.3 is 5.32 Å². The van der Waals surface area contributed by atoms with E-state index in [1.807, 2.05) is 19.1 Å². The molecule has 19 heavy (non-hydrogen) atoms. The lowest BCUT2D eigenvalue weighted by molar-refractivity contribution is 0.0955. The largest absolute Gasteiger partial charge is 0.351 e. The van der Waals surface area contributed by atoms with Crippen molar-refractivity contribution in [2.75, 3.05) is 26.4 Å². The predicted molar refractivity (Wildman–Crippen MR) is 83.7 cm³/mol. The fraction of sp³-hybridized carbons (Fsp3) is 0.417. The summed E-state index contributed by atoms with van der Waals surface area (Å²) in [7, 11) is -0.332. The molecule has 0 saturated carbocycles. The summed E-state index contributed by atoms with van der Waals surface area (Å²) in [5.41, 5.74) is 1.59. The Bertz CT molecular complexity index is 570. The van der Waals surface area contributed by atoms with E-state index in [0.717, 1.165) is 13.4 Å². The minimum Gasteiger partial charge on any atom is -0.351 e. The highest BCUT2D eigenvalue weighted by atomic mass is 127. The van der Waals surface area contributed by atoms with Crippen molar-refractivity contribution in [2.24, 2.45) is 0 Å². The van der Waals surface area contributed by atoms with Gasteiger partial charge in [0.05, 0.1) is 11.3 Å². The SMILES string of the molecule is Cc1cccc(C(=O)NCCS(=O)(=O)N(C)C)c1I. The van der Waals surface area contributed by atoms with Crippen LogP contribution in [0.15, 0.2) is 18.2 Å². The van der Waals surface area contributed by atoms with E-state index < -0.39 is 10.0 Å². The topological polar surface area (TPSA) is 66.5 Å². The normalized spacial score (nSPS) is 11.6. The van der Waals surface area contributed by atoms with Crippen LogP contribution in [0.2, 0.25) is 0 Å². The minimum atomic E-state index is -3.28. The van der Waals surface area contributed by atoms with Gasteiger partial charge in [-0.25, -0.2) is 12.7 Å². The minimum absolute atomic E-state index is 0.101. The van der Waals surface area contributed by atoms with Crippen LogP contribution in [0.3, 0.4) is 0 Å². The van der Waals surface area contributed by atoms with Crippen molar-refractivity contribution >= 4 is 38.5 Å². The Hall–Kier alpha value is -0.670. The molecule has 0 spiro atoms. The molecule has 1 rings (SSSR count). The molecule has 1 aromatic carbocycles. The first-order valence-electron chi connectivity index (χ1n) is 5.69. The molecule has 1 aromatic rings. The number of aryl methyl sites for hydroxylation is 1. The summed E-state index contributed by atoms with van der Waals surface area (Å²) < 4.78 is 25.1. The Labute approximate surface area is 127 Å². The molecule has 0 heterocycles. The predicted octanol–water partition coefficient (Wildman–Crippen LogP) is 1.22. The third-order valence-corrected chi connectivity index (χ3v) is 5.90. The maximum Gasteiger partial charge on any atom is 0.252 e. The molecular weight excluding hydrogens is 379 g/mol. The second-order valence-electron chi connectivity index (χ2n) is 4.29. The number of hydrogen-bond donors (Lipinski definition) is 1. The molecule has 1 N–H and O–H groups in total. The van der Waals surface area contributed by atoms with Crippen LogP contribution in [0, 0.1) is 10.5 Å². The summed E-state index contributed by atoms with van der Waals surface area (Å²) in [5, 5.41) is 2.63. The van der Waals surface area contributed by atoms with E-state index in [4.69, 9.17) is 0 Å². The van der Waals surface area contributed by atoms with Crippen LogP contribution < -0.4 is 5.32 Å². The summed E-state index contributed by atoms with van der Waals surface area (Å²) in [6, 6.07) is 5.46. The van der Waals surface area contributed by atoms with Crippen molar-refractivity contribution in [1.82, 2.24) is 9.62 Å². The van der Waals surface area contributed by atoms with Crippen molar-refractivity contribution in [3.05, 3.63) is 32.9 Å². The van der Waals surface area contributed by atoms with Crippen molar-refractivity contribution in [1.29, 1.82) is 0 Å². The van der Waals surface area contributed by atoms with Gasteiger partial charge in [-0.05, 0) is 41.1 Å². The van der Waals surface area contributed by atoms with E-state index in [1.54, 1.807) is 6.07 Å². The second-order valence-corrected chi connectivity index (χ2v) is 7.67. The van der Waals surface area contributed by atoms with Gasteiger partial charge in [-0.1, -0.05) is 12.1 Å². The fourth-order valence-electron chi connectivity index (χ4n) is 1.39. The number of rotatable bonds is 5. The summed E-state index contributed by atoms with van der Waals surface area (Å²) in [6.45, 7) is 2.03. The van der Waals surface area contributed by atoms with E-state index in [2.05, 4.69) is 27.9 Å². The molecule has 1 amide bonds. The van der Waals surface area contributed by atoms with E-state index in [9.17, 15) is 13.2 Å². The van der Waals surface area contributed by atoms with Gasteiger partial charge in [0.25, 0.3) is 5.91 Å². The number of halogens is 1. The Morgan fingerprint density at radius 1 is 1.37 bits per heavy atom. The Morgan fingerprint density at radius 2 is 2.00 bits per heavy atom. The lowest BCUT2D eigenvalue weighted by atomic mass is 10.1. The first-order chi connectivity index (χ1) is 8.75. The van der Waals surface area contributed by atoms with Gasteiger partial charge in [-0.3, -0.25) is 4.79 Å². The van der Waals surface area contributed by atoms with Crippen molar-refractivity contribution in [2.45, 2.75) is 6.92 Å². The quantitative estimate of drug-likeness (QED) is 0.762. The number of sulfonamides is 1. The number of benzene rings is 1. The molecule has 0 unspecified atom stereocenters.